The van der Waals surface area contributed by atoms with E-state index in [-0.39, 0.29) is 12.2 Å². The molecule has 1 N–H and O–H groups in total. The Morgan fingerprint density at radius 1 is 1.42 bits per heavy atom. The first-order chi connectivity index (χ1) is 8.95. The van der Waals surface area contributed by atoms with E-state index in [9.17, 15) is 9.90 Å². The van der Waals surface area contributed by atoms with Crippen molar-refractivity contribution in [2.24, 2.45) is 0 Å². The molecule has 0 aliphatic heterocycles. The first-order valence-electron chi connectivity index (χ1n) is 5.46. The summed E-state index contributed by atoms with van der Waals surface area (Å²) in [5, 5.41) is 10.5. The molecule has 0 spiro atoms. The first-order valence-corrected chi connectivity index (χ1v) is 6.21. The van der Waals surface area contributed by atoms with Crippen molar-refractivity contribution in [3.8, 4) is 0 Å². The number of carbonyl (C=O) groups is 1. The highest BCUT2D eigenvalue weighted by atomic mass is 35.5. The van der Waals surface area contributed by atoms with Gasteiger partial charge in [-0.25, -0.2) is 4.79 Å². The molecule has 1 heterocycles. The topological polar surface area (TPSA) is 59.4 Å². The average molecular weight is 300 g/mol. The van der Waals surface area contributed by atoms with Gasteiger partial charge < -0.3 is 9.84 Å². The number of benzene rings is 1. The summed E-state index contributed by atoms with van der Waals surface area (Å²) in [6.07, 6.45) is 0. The summed E-state index contributed by atoms with van der Waals surface area (Å²) in [5.41, 5.74) is 1.67. The van der Waals surface area contributed by atoms with Crippen LogP contribution in [0.5, 0.6) is 0 Å². The van der Waals surface area contributed by atoms with Gasteiger partial charge in [0.25, 0.3) is 0 Å². The van der Waals surface area contributed by atoms with Crippen molar-refractivity contribution in [2.45, 2.75) is 13.5 Å². The fourth-order valence-electron chi connectivity index (χ4n) is 2.01. The second kappa shape index (κ2) is 5.33. The van der Waals surface area contributed by atoms with Crippen LogP contribution in [0.15, 0.2) is 12.1 Å². The van der Waals surface area contributed by atoms with Crippen LogP contribution in [0.1, 0.15) is 21.6 Å². The third kappa shape index (κ3) is 2.52. The number of hydrogen-bond acceptors (Lipinski definition) is 3. The minimum Gasteiger partial charge on any atom is -0.478 e. The largest absolute Gasteiger partial charge is 0.478 e. The maximum atomic E-state index is 11.5. The molecule has 0 bridgehead atoms. The summed E-state index contributed by atoms with van der Waals surface area (Å²) >= 11 is 12.0. The normalized spacial score (nSPS) is 10.9. The number of pyridine rings is 1. The number of aromatic carboxylic acids is 1. The fourth-order valence-corrected chi connectivity index (χ4v) is 2.55. The van der Waals surface area contributed by atoms with Gasteiger partial charge in [0.2, 0.25) is 0 Å². The zero-order chi connectivity index (χ0) is 14.2. The maximum Gasteiger partial charge on any atom is 0.336 e. The molecule has 0 unspecified atom stereocenters. The highest BCUT2D eigenvalue weighted by molar-refractivity contribution is 6.38. The smallest absolute Gasteiger partial charge is 0.336 e. The number of aromatic nitrogens is 1. The Labute approximate surface area is 119 Å². The lowest BCUT2D eigenvalue weighted by Gasteiger charge is -2.13. The number of fused-ring (bicyclic) bond motifs is 1. The van der Waals surface area contributed by atoms with Crippen LogP contribution in [0.25, 0.3) is 10.9 Å². The number of rotatable bonds is 3. The number of aryl methyl sites for hydroxylation is 1. The van der Waals surface area contributed by atoms with Gasteiger partial charge in [-0.05, 0) is 19.1 Å². The van der Waals surface area contributed by atoms with E-state index in [1.165, 1.54) is 7.11 Å². The molecule has 6 heteroatoms. The summed E-state index contributed by atoms with van der Waals surface area (Å²) in [5.74, 6) is -1.05. The second-order valence-electron chi connectivity index (χ2n) is 4.07. The SMILES string of the molecule is COCc1c(C)nc2c(Cl)cc(Cl)cc2c1C(=O)O. The van der Waals surface area contributed by atoms with Gasteiger partial charge in [-0.15, -0.1) is 0 Å². The van der Waals surface area contributed by atoms with Crippen molar-refractivity contribution < 1.29 is 14.6 Å². The summed E-state index contributed by atoms with van der Waals surface area (Å²) < 4.78 is 5.04. The van der Waals surface area contributed by atoms with Gasteiger partial charge in [-0.3, -0.25) is 4.98 Å². The van der Waals surface area contributed by atoms with Crippen LogP contribution in [0, 0.1) is 6.92 Å². The fraction of sp³-hybridized carbons (Fsp3) is 0.231. The summed E-state index contributed by atoms with van der Waals surface area (Å²) in [6.45, 7) is 1.89. The Kier molecular flexibility index (Phi) is 3.94. The Bertz CT molecular complexity index is 671. The van der Waals surface area contributed by atoms with E-state index >= 15 is 0 Å². The lowest BCUT2D eigenvalue weighted by atomic mass is 10.0. The van der Waals surface area contributed by atoms with E-state index in [2.05, 4.69) is 4.98 Å². The number of halogens is 2. The molecule has 1 aromatic carbocycles. The van der Waals surface area contributed by atoms with E-state index in [0.717, 1.165) is 0 Å². The number of methoxy groups -OCH3 is 1. The lowest BCUT2D eigenvalue weighted by molar-refractivity contribution is 0.0694. The van der Waals surface area contributed by atoms with Gasteiger partial charge in [0.15, 0.2) is 0 Å². The van der Waals surface area contributed by atoms with Crippen LogP contribution < -0.4 is 0 Å². The quantitative estimate of drug-likeness (QED) is 0.939. The van der Waals surface area contributed by atoms with Gasteiger partial charge in [0.1, 0.15) is 0 Å². The van der Waals surface area contributed by atoms with E-state index < -0.39 is 5.97 Å². The molecule has 1 aromatic heterocycles. The summed E-state index contributed by atoms with van der Waals surface area (Å²) in [7, 11) is 1.50. The van der Waals surface area contributed by atoms with Crippen molar-refractivity contribution >= 4 is 40.1 Å². The van der Waals surface area contributed by atoms with Crippen LogP contribution in [0.4, 0.5) is 0 Å². The number of ether oxygens (including phenoxy) is 1. The standard InChI is InChI=1S/C13H11Cl2NO3/c1-6-9(5-19-2)11(13(17)18)8-3-7(14)4-10(15)12(8)16-6/h3-4H,5H2,1-2H3,(H,17,18). The molecule has 0 aliphatic carbocycles. The Morgan fingerprint density at radius 2 is 2.11 bits per heavy atom. The van der Waals surface area contributed by atoms with Crippen molar-refractivity contribution in [3.63, 3.8) is 0 Å². The molecular weight excluding hydrogens is 289 g/mol. The molecule has 0 atom stereocenters. The molecule has 100 valence electrons. The Morgan fingerprint density at radius 3 is 2.68 bits per heavy atom. The lowest BCUT2D eigenvalue weighted by Crippen LogP contribution is -2.09. The molecule has 19 heavy (non-hydrogen) atoms. The zero-order valence-electron chi connectivity index (χ0n) is 10.3. The summed E-state index contributed by atoms with van der Waals surface area (Å²) in [6, 6.07) is 3.09. The Hall–Kier alpha value is -1.36. The highest BCUT2D eigenvalue weighted by Crippen LogP contribution is 2.31. The van der Waals surface area contributed by atoms with Crippen molar-refractivity contribution in [1.29, 1.82) is 0 Å². The minimum atomic E-state index is -1.05. The molecule has 4 nitrogen and oxygen atoms in total. The van der Waals surface area contributed by atoms with Crippen molar-refractivity contribution in [1.82, 2.24) is 4.98 Å². The Balaban J connectivity index is 2.94. The predicted octanol–water partition coefficient (Wildman–Crippen LogP) is 3.69. The van der Waals surface area contributed by atoms with Crippen LogP contribution in [-0.2, 0) is 11.3 Å². The molecule has 0 amide bonds. The third-order valence-corrected chi connectivity index (χ3v) is 3.32. The van der Waals surface area contributed by atoms with Crippen LogP contribution in [0.2, 0.25) is 10.0 Å². The van der Waals surface area contributed by atoms with Gasteiger partial charge in [0, 0.05) is 28.8 Å². The molecule has 0 saturated carbocycles. The number of carboxylic acid groups (broad SMARTS) is 1. The molecule has 0 fully saturated rings. The number of hydrogen-bond donors (Lipinski definition) is 1. The number of carboxylic acids is 1. The molecule has 2 rings (SSSR count). The van der Waals surface area contributed by atoms with Gasteiger partial charge in [-0.1, -0.05) is 23.2 Å². The van der Waals surface area contributed by atoms with E-state index in [0.29, 0.717) is 32.2 Å². The van der Waals surface area contributed by atoms with Crippen molar-refractivity contribution in [3.05, 3.63) is 39.0 Å². The van der Waals surface area contributed by atoms with E-state index in [1.54, 1.807) is 19.1 Å². The second-order valence-corrected chi connectivity index (χ2v) is 4.92. The third-order valence-electron chi connectivity index (χ3n) is 2.82. The highest BCUT2D eigenvalue weighted by Gasteiger charge is 2.20. The first kappa shape index (κ1) is 14.1. The van der Waals surface area contributed by atoms with E-state index in [1.807, 2.05) is 0 Å². The molecule has 0 saturated heterocycles. The maximum absolute atomic E-state index is 11.5. The van der Waals surface area contributed by atoms with Crippen LogP contribution in [0.3, 0.4) is 0 Å². The molecule has 0 radical (unpaired) electrons. The van der Waals surface area contributed by atoms with Gasteiger partial charge >= 0.3 is 5.97 Å². The van der Waals surface area contributed by atoms with Crippen molar-refractivity contribution in [2.75, 3.05) is 7.11 Å². The van der Waals surface area contributed by atoms with E-state index in [4.69, 9.17) is 27.9 Å². The molecule has 2 aromatic rings. The molecule has 0 aliphatic rings. The van der Waals surface area contributed by atoms with Crippen LogP contribution in [-0.4, -0.2) is 23.2 Å². The zero-order valence-corrected chi connectivity index (χ0v) is 11.8. The van der Waals surface area contributed by atoms with Gasteiger partial charge in [0.05, 0.1) is 22.7 Å². The summed E-state index contributed by atoms with van der Waals surface area (Å²) in [4.78, 5) is 15.9. The molecular formula is C13H11Cl2NO3. The predicted molar refractivity (Wildman–Crippen MR) is 74.2 cm³/mol. The van der Waals surface area contributed by atoms with Crippen LogP contribution >= 0.6 is 23.2 Å². The van der Waals surface area contributed by atoms with Gasteiger partial charge in [-0.2, -0.15) is 0 Å². The average Bonchev–Trinajstić information content (AvgIpc) is 2.31. The minimum absolute atomic E-state index is 0.133. The number of nitrogens with zero attached hydrogens (tertiary/aromatic N) is 1. The monoisotopic (exact) mass is 299 g/mol.